The summed E-state index contributed by atoms with van der Waals surface area (Å²) in [5.74, 6) is -0.221. The van der Waals surface area contributed by atoms with E-state index in [-0.39, 0.29) is 17.5 Å². The van der Waals surface area contributed by atoms with Crippen molar-refractivity contribution in [1.82, 2.24) is 5.32 Å². The molecule has 98 valence electrons. The van der Waals surface area contributed by atoms with Gasteiger partial charge in [0.15, 0.2) is 0 Å². The molecule has 2 nitrogen and oxygen atoms in total. The van der Waals surface area contributed by atoms with Gasteiger partial charge in [0.1, 0.15) is 5.82 Å². The molecule has 2 fully saturated rings. The summed E-state index contributed by atoms with van der Waals surface area (Å²) >= 11 is 3.41. The van der Waals surface area contributed by atoms with Gasteiger partial charge in [-0.1, -0.05) is 34.8 Å². The van der Waals surface area contributed by atoms with Crippen LogP contribution in [0.5, 0.6) is 0 Å². The maximum absolute atomic E-state index is 13.1. The van der Waals surface area contributed by atoms with Crippen molar-refractivity contribution in [3.63, 3.8) is 0 Å². The van der Waals surface area contributed by atoms with Gasteiger partial charge in [0.25, 0.3) is 0 Å². The third-order valence-electron chi connectivity index (χ3n) is 4.09. The van der Waals surface area contributed by atoms with E-state index in [1.165, 1.54) is 37.8 Å². The summed E-state index contributed by atoms with van der Waals surface area (Å²) in [6, 6.07) is 4.79. The first-order valence-electron chi connectivity index (χ1n) is 6.50. The van der Waals surface area contributed by atoms with Crippen LogP contribution in [0.4, 0.5) is 4.39 Å². The van der Waals surface area contributed by atoms with Crippen molar-refractivity contribution in [2.24, 2.45) is 0 Å². The zero-order chi connectivity index (χ0) is 12.6. The van der Waals surface area contributed by atoms with Crippen molar-refractivity contribution in [3.8, 4) is 0 Å². The molecule has 0 amide bonds. The molecule has 1 atom stereocenters. The fourth-order valence-electron chi connectivity index (χ4n) is 3.01. The Morgan fingerprint density at radius 3 is 2.72 bits per heavy atom. The molecule has 1 N–H and O–H groups in total. The van der Waals surface area contributed by atoms with Gasteiger partial charge in [0, 0.05) is 16.6 Å². The molecular weight excluding hydrogens is 297 g/mol. The molecule has 2 aliphatic rings. The Balaban J connectivity index is 1.72. The average molecular weight is 314 g/mol. The van der Waals surface area contributed by atoms with Crippen LogP contribution in [0.15, 0.2) is 22.7 Å². The molecule has 3 rings (SSSR count). The molecular formula is C14H17BrFNO. The molecule has 1 saturated heterocycles. The number of rotatable bonds is 1. The highest BCUT2D eigenvalue weighted by atomic mass is 79.9. The molecule has 1 aliphatic heterocycles. The van der Waals surface area contributed by atoms with Gasteiger partial charge in [-0.05, 0) is 30.5 Å². The first-order valence-corrected chi connectivity index (χ1v) is 7.29. The average Bonchev–Trinajstić information content (AvgIpc) is 2.80. The largest absolute Gasteiger partial charge is 0.370 e. The van der Waals surface area contributed by atoms with E-state index in [2.05, 4.69) is 21.2 Å². The van der Waals surface area contributed by atoms with E-state index >= 15 is 0 Å². The minimum Gasteiger partial charge on any atom is -0.370 e. The summed E-state index contributed by atoms with van der Waals surface area (Å²) < 4.78 is 19.9. The Kier molecular flexibility index (Phi) is 3.43. The van der Waals surface area contributed by atoms with Crippen LogP contribution < -0.4 is 5.32 Å². The van der Waals surface area contributed by atoms with Crippen LogP contribution in [0.2, 0.25) is 0 Å². The third-order valence-corrected chi connectivity index (χ3v) is 4.78. The Bertz CT molecular complexity index is 435. The number of benzene rings is 1. The predicted octanol–water partition coefficient (Wildman–Crippen LogP) is 3.56. The minimum absolute atomic E-state index is 0.0196. The van der Waals surface area contributed by atoms with E-state index in [1.807, 2.05) is 0 Å². The van der Waals surface area contributed by atoms with Gasteiger partial charge in [-0.15, -0.1) is 0 Å². The van der Waals surface area contributed by atoms with Gasteiger partial charge in [0.05, 0.1) is 12.7 Å². The Morgan fingerprint density at radius 2 is 2.11 bits per heavy atom. The van der Waals surface area contributed by atoms with Crippen LogP contribution in [0.1, 0.15) is 37.4 Å². The molecule has 1 saturated carbocycles. The fourth-order valence-corrected chi connectivity index (χ4v) is 3.62. The lowest BCUT2D eigenvalue weighted by Crippen LogP contribution is -2.53. The zero-order valence-corrected chi connectivity index (χ0v) is 11.8. The summed E-state index contributed by atoms with van der Waals surface area (Å²) in [6.45, 7) is 1.58. The maximum atomic E-state index is 13.1. The van der Waals surface area contributed by atoms with E-state index in [4.69, 9.17) is 4.74 Å². The molecule has 0 aromatic heterocycles. The zero-order valence-electron chi connectivity index (χ0n) is 10.2. The lowest BCUT2D eigenvalue weighted by atomic mass is 9.95. The second-order valence-corrected chi connectivity index (χ2v) is 6.19. The van der Waals surface area contributed by atoms with Gasteiger partial charge < -0.3 is 10.1 Å². The fraction of sp³-hybridized carbons (Fsp3) is 0.571. The summed E-state index contributed by atoms with van der Waals surface area (Å²) in [5, 5.41) is 3.65. The molecule has 1 heterocycles. The van der Waals surface area contributed by atoms with Crippen LogP contribution in [-0.2, 0) is 4.74 Å². The SMILES string of the molecule is Fc1ccc(C2CNC3(CCCC3)CO2)c(Br)c1. The first-order chi connectivity index (χ1) is 8.69. The van der Waals surface area contributed by atoms with Crippen LogP contribution in [0, 0.1) is 5.82 Å². The minimum atomic E-state index is -0.221. The van der Waals surface area contributed by atoms with Crippen LogP contribution in [0.25, 0.3) is 0 Å². The highest BCUT2D eigenvalue weighted by molar-refractivity contribution is 9.10. The molecule has 1 spiro atoms. The summed E-state index contributed by atoms with van der Waals surface area (Å²) in [6.07, 6.45) is 5.03. The van der Waals surface area contributed by atoms with Crippen molar-refractivity contribution in [3.05, 3.63) is 34.1 Å². The normalized spacial score (nSPS) is 26.7. The number of hydrogen-bond donors (Lipinski definition) is 1. The Hall–Kier alpha value is -0.450. The second-order valence-electron chi connectivity index (χ2n) is 5.33. The van der Waals surface area contributed by atoms with Crippen LogP contribution in [-0.4, -0.2) is 18.7 Å². The molecule has 1 aromatic rings. The highest BCUT2D eigenvalue weighted by Gasteiger charge is 2.38. The van der Waals surface area contributed by atoms with Gasteiger partial charge in [-0.3, -0.25) is 0 Å². The molecule has 4 heteroatoms. The van der Waals surface area contributed by atoms with Crippen molar-refractivity contribution in [2.45, 2.75) is 37.3 Å². The van der Waals surface area contributed by atoms with Crippen molar-refractivity contribution in [2.75, 3.05) is 13.2 Å². The van der Waals surface area contributed by atoms with Gasteiger partial charge in [0.2, 0.25) is 0 Å². The number of halogens is 2. The smallest absolute Gasteiger partial charge is 0.124 e. The summed E-state index contributed by atoms with van der Waals surface area (Å²) in [7, 11) is 0. The number of nitrogens with one attached hydrogen (secondary N) is 1. The van der Waals surface area contributed by atoms with Crippen LogP contribution in [0.3, 0.4) is 0 Å². The van der Waals surface area contributed by atoms with E-state index in [0.29, 0.717) is 0 Å². The number of hydrogen-bond acceptors (Lipinski definition) is 2. The topological polar surface area (TPSA) is 21.3 Å². The molecule has 1 unspecified atom stereocenters. The lowest BCUT2D eigenvalue weighted by molar-refractivity contribution is -0.0329. The number of ether oxygens (including phenoxy) is 1. The quantitative estimate of drug-likeness (QED) is 0.856. The standard InChI is InChI=1S/C14H17BrFNO/c15-12-7-10(16)3-4-11(12)13-8-17-14(9-18-13)5-1-2-6-14/h3-4,7,13,17H,1-2,5-6,8-9H2. The molecule has 1 aromatic carbocycles. The van der Waals surface area contributed by atoms with Gasteiger partial charge in [-0.2, -0.15) is 0 Å². The predicted molar refractivity (Wildman–Crippen MR) is 72.0 cm³/mol. The molecule has 1 aliphatic carbocycles. The van der Waals surface area contributed by atoms with E-state index in [0.717, 1.165) is 23.2 Å². The lowest BCUT2D eigenvalue weighted by Gasteiger charge is -2.39. The Morgan fingerprint density at radius 1 is 1.33 bits per heavy atom. The van der Waals surface area contributed by atoms with Crippen molar-refractivity contribution in [1.29, 1.82) is 0 Å². The van der Waals surface area contributed by atoms with Gasteiger partial charge >= 0.3 is 0 Å². The molecule has 0 radical (unpaired) electrons. The first kappa shape index (κ1) is 12.6. The number of morpholine rings is 1. The summed E-state index contributed by atoms with van der Waals surface area (Å²) in [4.78, 5) is 0. The monoisotopic (exact) mass is 313 g/mol. The van der Waals surface area contributed by atoms with E-state index < -0.39 is 0 Å². The third kappa shape index (κ3) is 2.33. The van der Waals surface area contributed by atoms with Gasteiger partial charge in [-0.25, -0.2) is 4.39 Å². The second kappa shape index (κ2) is 4.91. The Labute approximate surface area is 115 Å². The molecule has 18 heavy (non-hydrogen) atoms. The molecule has 0 bridgehead atoms. The highest BCUT2D eigenvalue weighted by Crippen LogP contribution is 2.36. The maximum Gasteiger partial charge on any atom is 0.124 e. The van der Waals surface area contributed by atoms with E-state index in [9.17, 15) is 4.39 Å². The summed E-state index contributed by atoms with van der Waals surface area (Å²) in [5.41, 5.74) is 1.24. The van der Waals surface area contributed by atoms with Crippen molar-refractivity contribution >= 4 is 15.9 Å². The van der Waals surface area contributed by atoms with E-state index in [1.54, 1.807) is 6.07 Å². The van der Waals surface area contributed by atoms with Crippen molar-refractivity contribution < 1.29 is 9.13 Å². The van der Waals surface area contributed by atoms with Crippen LogP contribution >= 0.6 is 15.9 Å².